The lowest BCUT2D eigenvalue weighted by atomic mass is 10.2. The molecule has 1 heterocycles. The number of hydrogen-bond acceptors (Lipinski definition) is 5. The van der Waals surface area contributed by atoms with Crippen LogP contribution in [0.5, 0.6) is 0 Å². The minimum absolute atomic E-state index is 0.0341. The van der Waals surface area contributed by atoms with E-state index in [4.69, 9.17) is 16.3 Å². The minimum atomic E-state index is -3.61. The largest absolute Gasteiger partial charge is 0.375 e. The summed E-state index contributed by atoms with van der Waals surface area (Å²) in [4.78, 5) is 12.4. The second-order valence-corrected chi connectivity index (χ2v) is 9.83. The smallest absolute Gasteiger partial charge is 0.243 e. The molecule has 162 valence electrons. The predicted molar refractivity (Wildman–Crippen MR) is 119 cm³/mol. The van der Waals surface area contributed by atoms with Gasteiger partial charge in [-0.1, -0.05) is 17.7 Å². The lowest BCUT2D eigenvalue weighted by Gasteiger charge is -2.34. The van der Waals surface area contributed by atoms with Gasteiger partial charge in [0.25, 0.3) is 0 Å². The summed E-state index contributed by atoms with van der Waals surface area (Å²) in [5, 5.41) is 6.28. The van der Waals surface area contributed by atoms with Gasteiger partial charge in [0.15, 0.2) is 0 Å². The molecule has 1 fully saturated rings. The van der Waals surface area contributed by atoms with Crippen molar-refractivity contribution in [2.24, 2.45) is 0 Å². The normalized spacial score (nSPS) is 20.0. The molecule has 0 aliphatic carbocycles. The van der Waals surface area contributed by atoms with E-state index in [1.807, 2.05) is 39.0 Å². The van der Waals surface area contributed by atoms with E-state index in [1.165, 1.54) is 16.4 Å². The number of anilines is 2. The number of amides is 1. The number of sulfonamides is 1. The topological polar surface area (TPSA) is 87.7 Å². The van der Waals surface area contributed by atoms with Gasteiger partial charge in [0.2, 0.25) is 15.9 Å². The Morgan fingerprint density at radius 3 is 2.37 bits per heavy atom. The van der Waals surface area contributed by atoms with Crippen LogP contribution in [0.3, 0.4) is 0 Å². The van der Waals surface area contributed by atoms with E-state index in [0.717, 1.165) is 5.56 Å². The third kappa shape index (κ3) is 5.51. The number of carbonyl (C=O) groups excluding carboxylic acids is 1. The van der Waals surface area contributed by atoms with E-state index in [0.29, 0.717) is 29.5 Å². The molecule has 2 atom stereocenters. The third-order valence-electron chi connectivity index (χ3n) is 4.73. The molecule has 0 bridgehead atoms. The Bertz CT molecular complexity index is 1000. The van der Waals surface area contributed by atoms with E-state index >= 15 is 0 Å². The van der Waals surface area contributed by atoms with Crippen molar-refractivity contribution in [2.45, 2.75) is 37.9 Å². The summed E-state index contributed by atoms with van der Waals surface area (Å²) in [5.41, 5.74) is 2.22. The molecule has 3 rings (SSSR count). The van der Waals surface area contributed by atoms with Crippen LogP contribution in [0.4, 0.5) is 11.4 Å². The van der Waals surface area contributed by atoms with Crippen molar-refractivity contribution in [3.05, 3.63) is 53.1 Å². The molecule has 7 nitrogen and oxygen atoms in total. The molecule has 2 aromatic carbocycles. The number of benzene rings is 2. The van der Waals surface area contributed by atoms with Crippen LogP contribution >= 0.6 is 11.6 Å². The van der Waals surface area contributed by atoms with E-state index < -0.39 is 10.0 Å². The zero-order valence-electron chi connectivity index (χ0n) is 17.2. The second-order valence-electron chi connectivity index (χ2n) is 7.49. The minimum Gasteiger partial charge on any atom is -0.375 e. The van der Waals surface area contributed by atoms with Crippen molar-refractivity contribution >= 4 is 38.9 Å². The molecule has 30 heavy (non-hydrogen) atoms. The number of halogens is 1. The third-order valence-corrected chi connectivity index (χ3v) is 6.88. The highest BCUT2D eigenvalue weighted by Crippen LogP contribution is 2.24. The Morgan fingerprint density at radius 2 is 1.77 bits per heavy atom. The maximum atomic E-state index is 12.9. The van der Waals surface area contributed by atoms with Crippen LogP contribution in [0.1, 0.15) is 19.4 Å². The van der Waals surface area contributed by atoms with Gasteiger partial charge < -0.3 is 15.4 Å². The van der Waals surface area contributed by atoms with Crippen LogP contribution in [0, 0.1) is 6.92 Å². The van der Waals surface area contributed by atoms with Gasteiger partial charge in [0.1, 0.15) is 0 Å². The van der Waals surface area contributed by atoms with Gasteiger partial charge in [-0.25, -0.2) is 8.42 Å². The lowest BCUT2D eigenvalue weighted by molar-refractivity contribution is -0.114. The van der Waals surface area contributed by atoms with Gasteiger partial charge in [0, 0.05) is 18.8 Å². The zero-order valence-corrected chi connectivity index (χ0v) is 18.8. The van der Waals surface area contributed by atoms with E-state index in [1.54, 1.807) is 12.1 Å². The van der Waals surface area contributed by atoms with Crippen molar-refractivity contribution in [1.29, 1.82) is 0 Å². The Kier molecular flexibility index (Phi) is 7.02. The summed E-state index contributed by atoms with van der Waals surface area (Å²) in [7, 11) is -3.61. The first-order valence-corrected chi connectivity index (χ1v) is 11.5. The van der Waals surface area contributed by atoms with Crippen LogP contribution in [-0.4, -0.2) is 50.5 Å². The molecule has 2 N–H and O–H groups in total. The summed E-state index contributed by atoms with van der Waals surface area (Å²) < 4.78 is 32.8. The molecule has 0 aromatic heterocycles. The first-order valence-electron chi connectivity index (χ1n) is 9.70. The molecule has 2 aromatic rings. The monoisotopic (exact) mass is 451 g/mol. The molecular weight excluding hydrogens is 426 g/mol. The van der Waals surface area contributed by atoms with Crippen molar-refractivity contribution in [3.8, 4) is 0 Å². The van der Waals surface area contributed by atoms with Gasteiger partial charge in [-0.2, -0.15) is 4.31 Å². The SMILES string of the molecule is Cc1ccc(NCC(=O)Nc2ccc(S(=O)(=O)N3CC(C)OC(C)C3)cc2)c(Cl)c1. The van der Waals surface area contributed by atoms with E-state index in [2.05, 4.69) is 10.6 Å². The van der Waals surface area contributed by atoms with E-state index in [9.17, 15) is 13.2 Å². The quantitative estimate of drug-likeness (QED) is 0.701. The van der Waals surface area contributed by atoms with Gasteiger partial charge in [-0.15, -0.1) is 0 Å². The van der Waals surface area contributed by atoms with Gasteiger partial charge in [-0.3, -0.25) is 4.79 Å². The average molecular weight is 452 g/mol. The van der Waals surface area contributed by atoms with Crippen molar-refractivity contribution in [1.82, 2.24) is 4.31 Å². The Balaban J connectivity index is 1.60. The summed E-state index contributed by atoms with van der Waals surface area (Å²) in [6.07, 6.45) is -0.312. The molecule has 0 radical (unpaired) electrons. The maximum absolute atomic E-state index is 12.9. The molecule has 1 aliphatic rings. The number of aryl methyl sites for hydroxylation is 1. The van der Waals surface area contributed by atoms with Crippen LogP contribution in [0.2, 0.25) is 5.02 Å². The van der Waals surface area contributed by atoms with Gasteiger partial charge in [0.05, 0.1) is 34.4 Å². The van der Waals surface area contributed by atoms with Crippen LogP contribution < -0.4 is 10.6 Å². The van der Waals surface area contributed by atoms with E-state index in [-0.39, 0.29) is 29.6 Å². The van der Waals surface area contributed by atoms with Gasteiger partial charge in [-0.05, 0) is 62.7 Å². The first-order chi connectivity index (χ1) is 14.1. The number of carbonyl (C=O) groups is 1. The Labute approximate surface area is 182 Å². The number of rotatable bonds is 6. The molecule has 2 unspecified atom stereocenters. The summed E-state index contributed by atoms with van der Waals surface area (Å²) in [6, 6.07) is 11.7. The fourth-order valence-corrected chi connectivity index (χ4v) is 5.22. The highest BCUT2D eigenvalue weighted by Gasteiger charge is 2.32. The first kappa shape index (κ1) is 22.6. The zero-order chi connectivity index (χ0) is 21.9. The molecule has 1 saturated heterocycles. The fraction of sp³-hybridized carbons (Fsp3) is 0.381. The molecule has 1 aliphatic heterocycles. The highest BCUT2D eigenvalue weighted by atomic mass is 35.5. The molecule has 0 spiro atoms. The molecule has 9 heteroatoms. The Morgan fingerprint density at radius 1 is 1.13 bits per heavy atom. The average Bonchev–Trinajstić information content (AvgIpc) is 2.67. The summed E-state index contributed by atoms with van der Waals surface area (Å²) in [6.45, 7) is 6.32. The van der Waals surface area contributed by atoms with Crippen molar-refractivity contribution < 1.29 is 17.9 Å². The highest BCUT2D eigenvalue weighted by molar-refractivity contribution is 7.89. The predicted octanol–water partition coefficient (Wildman–Crippen LogP) is 3.50. The van der Waals surface area contributed by atoms with Crippen LogP contribution in [0.15, 0.2) is 47.4 Å². The van der Waals surface area contributed by atoms with Crippen molar-refractivity contribution in [2.75, 3.05) is 30.3 Å². The molecule has 0 saturated carbocycles. The van der Waals surface area contributed by atoms with Crippen molar-refractivity contribution in [3.63, 3.8) is 0 Å². The maximum Gasteiger partial charge on any atom is 0.243 e. The van der Waals surface area contributed by atoms with Gasteiger partial charge >= 0.3 is 0 Å². The second kappa shape index (κ2) is 9.34. The number of ether oxygens (including phenoxy) is 1. The number of hydrogen-bond donors (Lipinski definition) is 2. The molecule has 1 amide bonds. The number of nitrogens with one attached hydrogen (secondary N) is 2. The van der Waals surface area contributed by atoms with Crippen LogP contribution in [-0.2, 0) is 19.6 Å². The lowest BCUT2D eigenvalue weighted by Crippen LogP contribution is -2.48. The van der Waals surface area contributed by atoms with Crippen LogP contribution in [0.25, 0.3) is 0 Å². The summed E-state index contributed by atoms with van der Waals surface area (Å²) in [5.74, 6) is -0.266. The standard InChI is InChI=1S/C21H26ClN3O4S/c1-14-4-9-20(19(22)10-14)23-11-21(26)24-17-5-7-18(8-6-17)30(27,28)25-12-15(2)29-16(3)13-25/h4-10,15-16,23H,11-13H2,1-3H3,(H,24,26). The number of morpholine rings is 1. The summed E-state index contributed by atoms with van der Waals surface area (Å²) >= 11 is 6.15. The number of nitrogens with zero attached hydrogens (tertiary/aromatic N) is 1. The Hall–Kier alpha value is -2.13. The molecular formula is C21H26ClN3O4S. The fourth-order valence-electron chi connectivity index (χ4n) is 3.33.